The Labute approximate surface area is 458 Å². The second kappa shape index (κ2) is 34.2. The Morgan fingerprint density at radius 1 is 0.679 bits per heavy atom. The maximum atomic E-state index is 13.7. The lowest BCUT2D eigenvalue weighted by atomic mass is 9.80. The minimum absolute atomic E-state index is 0.0182. The van der Waals surface area contributed by atoms with E-state index in [4.69, 9.17) is 61.2 Å². The van der Waals surface area contributed by atoms with Gasteiger partial charge in [0.15, 0.2) is 18.5 Å². The van der Waals surface area contributed by atoms with Crippen molar-refractivity contribution in [3.63, 3.8) is 0 Å². The summed E-state index contributed by atoms with van der Waals surface area (Å²) in [5.74, 6) is -1.69. The molecule has 7 atom stereocenters. The highest BCUT2D eigenvalue weighted by Crippen LogP contribution is 2.47. The molecule has 1 aliphatic heterocycles. The maximum Gasteiger partial charge on any atom is 0.303 e. The van der Waals surface area contributed by atoms with E-state index in [-0.39, 0.29) is 91.2 Å². The third kappa shape index (κ3) is 20.8. The SMILES string of the molecule is COc1ccc(C(OC[C@H](COP(OCCC#N)N(C(C)C)C(C)C)NC(=O)COCCOCCOCCO[C@@H]2O[C@H](COC(C)=O)[C@H](OC(C)=O)[C@H](OC(C)=O)[C@H]2NC(C)=O)(c2ccccc2)c2ccc(OC)cc2)cc1. The van der Waals surface area contributed by atoms with Gasteiger partial charge in [-0.2, -0.15) is 5.26 Å². The summed E-state index contributed by atoms with van der Waals surface area (Å²) in [7, 11) is 1.53. The van der Waals surface area contributed by atoms with Crippen molar-refractivity contribution < 1.29 is 85.1 Å². The summed E-state index contributed by atoms with van der Waals surface area (Å²) in [6.45, 7) is 12.9. The zero-order valence-corrected chi connectivity index (χ0v) is 47.2. The number of esters is 3. The van der Waals surface area contributed by atoms with Crippen LogP contribution in [0.3, 0.4) is 0 Å². The number of hydrogen-bond acceptors (Lipinski definition) is 20. The summed E-state index contributed by atoms with van der Waals surface area (Å²) < 4.78 is 78.2. The number of methoxy groups -OCH3 is 2. The number of benzene rings is 3. The molecule has 0 bridgehead atoms. The molecule has 0 aliphatic carbocycles. The van der Waals surface area contributed by atoms with Crippen LogP contribution < -0.4 is 20.1 Å². The summed E-state index contributed by atoms with van der Waals surface area (Å²) in [5.41, 5.74) is 1.22. The maximum absolute atomic E-state index is 13.7. The molecule has 0 radical (unpaired) electrons. The van der Waals surface area contributed by atoms with E-state index in [1.54, 1.807) is 14.2 Å². The van der Waals surface area contributed by atoms with E-state index >= 15 is 0 Å². The highest BCUT2D eigenvalue weighted by atomic mass is 31.2. The van der Waals surface area contributed by atoms with E-state index in [1.807, 2.05) is 107 Å². The second-order valence-electron chi connectivity index (χ2n) is 18.3. The molecule has 3 aromatic rings. The normalized spacial score (nSPS) is 18.1. The van der Waals surface area contributed by atoms with Gasteiger partial charge in [-0.25, -0.2) is 4.67 Å². The molecule has 1 aliphatic rings. The number of carbonyl (C=O) groups is 5. The Morgan fingerprint density at radius 2 is 1.22 bits per heavy atom. The number of nitrogens with zero attached hydrogens (tertiary/aromatic N) is 2. The van der Waals surface area contributed by atoms with Gasteiger partial charge < -0.3 is 71.8 Å². The first-order valence-corrected chi connectivity index (χ1v) is 26.8. The first kappa shape index (κ1) is 64.7. The number of hydrogen-bond donors (Lipinski definition) is 2. The Morgan fingerprint density at radius 3 is 1.73 bits per heavy atom. The van der Waals surface area contributed by atoms with Crippen molar-refractivity contribution in [2.75, 3.05) is 86.9 Å². The minimum atomic E-state index is -1.68. The van der Waals surface area contributed by atoms with Crippen molar-refractivity contribution in [1.29, 1.82) is 5.26 Å². The first-order chi connectivity index (χ1) is 37.4. The molecule has 1 saturated heterocycles. The summed E-state index contributed by atoms with van der Waals surface area (Å²) >= 11 is 0. The van der Waals surface area contributed by atoms with Gasteiger partial charge in [0.1, 0.15) is 42.5 Å². The van der Waals surface area contributed by atoms with E-state index in [0.717, 1.165) is 30.5 Å². The minimum Gasteiger partial charge on any atom is -0.497 e. The zero-order valence-electron chi connectivity index (χ0n) is 46.3. The van der Waals surface area contributed by atoms with Crippen molar-refractivity contribution in [3.8, 4) is 17.6 Å². The largest absolute Gasteiger partial charge is 0.497 e. The Hall–Kier alpha value is -5.83. The van der Waals surface area contributed by atoms with Crippen LogP contribution in [0.2, 0.25) is 0 Å². The van der Waals surface area contributed by atoms with Crippen molar-refractivity contribution in [2.45, 2.75) is 116 Å². The predicted molar refractivity (Wildman–Crippen MR) is 284 cm³/mol. The molecule has 1 fully saturated rings. The van der Waals surface area contributed by atoms with Crippen molar-refractivity contribution >= 4 is 38.2 Å². The Balaban J connectivity index is 1.40. The Bertz CT molecular complexity index is 2270. The molecular formula is C55H77N4O18P. The van der Waals surface area contributed by atoms with Crippen LogP contribution in [0.15, 0.2) is 78.9 Å². The van der Waals surface area contributed by atoms with Crippen LogP contribution in [-0.2, 0) is 81.3 Å². The average Bonchev–Trinajstić information content (AvgIpc) is 3.40. The first-order valence-electron chi connectivity index (χ1n) is 25.7. The molecule has 22 nitrogen and oxygen atoms in total. The summed E-state index contributed by atoms with van der Waals surface area (Å²) in [6, 6.07) is 25.4. The number of nitrogens with one attached hydrogen (secondary N) is 2. The fourth-order valence-corrected chi connectivity index (χ4v) is 10.1. The fraction of sp³-hybridized carbons (Fsp3) is 0.564. The number of ether oxygens (including phenoxy) is 11. The third-order valence-electron chi connectivity index (χ3n) is 11.6. The number of carbonyl (C=O) groups excluding carboxylic acids is 5. The molecule has 1 heterocycles. The summed E-state index contributed by atoms with van der Waals surface area (Å²) in [5, 5.41) is 15.0. The predicted octanol–water partition coefficient (Wildman–Crippen LogP) is 5.51. The highest BCUT2D eigenvalue weighted by molar-refractivity contribution is 7.44. The van der Waals surface area contributed by atoms with Gasteiger partial charge in [0, 0.05) is 39.8 Å². The molecule has 3 aromatic carbocycles. The van der Waals surface area contributed by atoms with Crippen LogP contribution in [-0.4, -0.2) is 170 Å². The zero-order chi connectivity index (χ0) is 57.0. The van der Waals surface area contributed by atoms with Gasteiger partial charge in [0.25, 0.3) is 8.53 Å². The molecule has 0 aromatic heterocycles. The monoisotopic (exact) mass is 1110 g/mol. The van der Waals surface area contributed by atoms with Crippen molar-refractivity contribution in [3.05, 3.63) is 95.6 Å². The molecule has 430 valence electrons. The van der Waals surface area contributed by atoms with Crippen LogP contribution in [0.25, 0.3) is 0 Å². The van der Waals surface area contributed by atoms with Gasteiger partial charge in [-0.05, 0) is 68.7 Å². The quantitative estimate of drug-likeness (QED) is 0.0242. The molecule has 0 spiro atoms. The van der Waals surface area contributed by atoms with E-state index in [0.29, 0.717) is 11.5 Å². The fourth-order valence-electron chi connectivity index (χ4n) is 8.43. The molecule has 1 unspecified atom stereocenters. The molecule has 78 heavy (non-hydrogen) atoms. The van der Waals surface area contributed by atoms with E-state index < -0.39 is 80.5 Å². The van der Waals surface area contributed by atoms with Gasteiger partial charge in [-0.1, -0.05) is 54.6 Å². The van der Waals surface area contributed by atoms with Crippen LogP contribution >= 0.6 is 8.53 Å². The van der Waals surface area contributed by atoms with E-state index in [9.17, 15) is 29.2 Å². The second-order valence-corrected chi connectivity index (χ2v) is 19.7. The van der Waals surface area contributed by atoms with Crippen LogP contribution in [0.5, 0.6) is 11.5 Å². The lowest BCUT2D eigenvalue weighted by molar-refractivity contribution is -0.279. The van der Waals surface area contributed by atoms with E-state index in [2.05, 4.69) is 21.4 Å². The average molecular weight is 1110 g/mol. The van der Waals surface area contributed by atoms with Gasteiger partial charge in [0.2, 0.25) is 11.8 Å². The van der Waals surface area contributed by atoms with Crippen LogP contribution in [0.4, 0.5) is 0 Å². The standard InChI is InChI=1S/C55H77N4O18P/c1-37(2)59(38(3)4)78(73-26-14-25-56)74-34-46(33-72-55(43-15-12-11-13-16-43,44-17-21-47(65-9)22-18-44)45-19-23-48(66-10)24-20-45)58-50(64)36-69-30-29-67-27-28-68-31-32-70-54-51(57-39(5)60)53(76-42(8)63)52(75-41(7)62)49(77-54)35-71-40(6)61/h11-13,15-24,37-38,46,49,51-54H,14,26-36H2,1-10H3,(H,57,60)(H,58,64)/t46-,49-,51-,52+,53-,54-,78?/m1/s1. The smallest absolute Gasteiger partial charge is 0.303 e. The number of amides is 2. The van der Waals surface area contributed by atoms with Crippen LogP contribution in [0.1, 0.15) is 78.5 Å². The molecular weight excluding hydrogens is 1040 g/mol. The van der Waals surface area contributed by atoms with Gasteiger partial charge >= 0.3 is 17.9 Å². The lowest BCUT2D eigenvalue weighted by Crippen LogP contribution is -2.66. The molecule has 23 heteroatoms. The molecule has 4 rings (SSSR count). The summed E-state index contributed by atoms with van der Waals surface area (Å²) in [6.07, 6.45) is -4.68. The van der Waals surface area contributed by atoms with E-state index in [1.165, 1.54) is 13.8 Å². The highest BCUT2D eigenvalue weighted by Gasteiger charge is 2.51. The Kier molecular flexibility index (Phi) is 28.4. The van der Waals surface area contributed by atoms with Gasteiger partial charge in [-0.15, -0.1) is 0 Å². The summed E-state index contributed by atoms with van der Waals surface area (Å²) in [4.78, 5) is 61.8. The topological polar surface area (TPSA) is 256 Å². The van der Waals surface area contributed by atoms with Gasteiger partial charge in [0.05, 0.1) is 92.2 Å². The molecule has 0 saturated carbocycles. The molecule has 2 N–H and O–H groups in total. The number of nitriles is 1. The van der Waals surface area contributed by atoms with Crippen LogP contribution in [0, 0.1) is 11.3 Å². The molecule has 2 amide bonds. The lowest BCUT2D eigenvalue weighted by Gasteiger charge is -2.44. The van der Waals surface area contributed by atoms with Crippen molar-refractivity contribution in [2.24, 2.45) is 0 Å². The van der Waals surface area contributed by atoms with Gasteiger partial charge in [-0.3, -0.25) is 24.0 Å². The third-order valence-corrected chi connectivity index (χ3v) is 13.7. The number of rotatable bonds is 35. The van der Waals surface area contributed by atoms with Crippen molar-refractivity contribution in [1.82, 2.24) is 15.3 Å².